The van der Waals surface area contributed by atoms with Crippen molar-refractivity contribution in [2.75, 3.05) is 7.11 Å². The van der Waals surface area contributed by atoms with Gasteiger partial charge in [0.2, 0.25) is 0 Å². The van der Waals surface area contributed by atoms with Crippen molar-refractivity contribution in [2.45, 2.75) is 0 Å². The summed E-state index contributed by atoms with van der Waals surface area (Å²) < 4.78 is 5.29. The molecule has 0 saturated carbocycles. The fourth-order valence-electron chi connectivity index (χ4n) is 2.62. The summed E-state index contributed by atoms with van der Waals surface area (Å²) in [7, 11) is 1.64. The van der Waals surface area contributed by atoms with E-state index in [1.165, 1.54) is 6.33 Å². The van der Waals surface area contributed by atoms with Gasteiger partial charge in [-0.1, -0.05) is 0 Å². The summed E-state index contributed by atoms with van der Waals surface area (Å²) >= 11 is 0. The van der Waals surface area contributed by atoms with E-state index in [1.54, 1.807) is 7.11 Å². The Labute approximate surface area is 125 Å². The van der Waals surface area contributed by atoms with E-state index in [0.717, 1.165) is 33.3 Å². The maximum atomic E-state index is 9.14. The fraction of sp³-hybridized carbons (Fsp3) is 0.0625. The van der Waals surface area contributed by atoms with Crippen LogP contribution >= 0.6 is 0 Å². The lowest BCUT2D eigenvalue weighted by molar-refractivity contribution is 0.415. The molecule has 0 fully saturated rings. The van der Waals surface area contributed by atoms with Gasteiger partial charge in [0.25, 0.3) is 0 Å². The van der Waals surface area contributed by atoms with Gasteiger partial charge in [0.1, 0.15) is 23.8 Å². The van der Waals surface area contributed by atoms with Crippen LogP contribution in [-0.4, -0.2) is 27.0 Å². The van der Waals surface area contributed by atoms with E-state index in [1.807, 2.05) is 30.5 Å². The molecular formula is C16H11N5O. The summed E-state index contributed by atoms with van der Waals surface area (Å²) in [4.78, 5) is 14.6. The lowest BCUT2D eigenvalue weighted by Gasteiger charge is -2.00. The number of rotatable bonds is 2. The van der Waals surface area contributed by atoms with Gasteiger partial charge in [-0.25, -0.2) is 9.97 Å². The van der Waals surface area contributed by atoms with Crippen LogP contribution in [0.3, 0.4) is 0 Å². The molecule has 3 aromatic heterocycles. The van der Waals surface area contributed by atoms with E-state index in [-0.39, 0.29) is 0 Å². The number of benzene rings is 1. The first kappa shape index (κ1) is 12.4. The highest BCUT2D eigenvalue weighted by atomic mass is 16.5. The minimum absolute atomic E-state index is 0.366. The summed E-state index contributed by atoms with van der Waals surface area (Å²) in [6.45, 7) is 0. The molecule has 0 radical (unpaired) electrons. The van der Waals surface area contributed by atoms with Gasteiger partial charge in [-0.15, -0.1) is 0 Å². The second-order valence-corrected chi connectivity index (χ2v) is 4.89. The van der Waals surface area contributed by atoms with Crippen molar-refractivity contribution in [3.8, 4) is 23.1 Å². The Balaban J connectivity index is 1.97. The number of fused-ring (bicyclic) bond motifs is 2. The maximum Gasteiger partial charge on any atom is 0.153 e. The molecule has 4 aromatic rings. The third-order valence-electron chi connectivity index (χ3n) is 3.71. The Hall–Kier alpha value is -3.33. The molecule has 106 valence electrons. The van der Waals surface area contributed by atoms with Gasteiger partial charge < -0.3 is 14.7 Å². The van der Waals surface area contributed by atoms with Crippen molar-refractivity contribution >= 4 is 21.9 Å². The molecule has 0 aliphatic heterocycles. The number of H-pyrrole nitrogens is 2. The first-order chi connectivity index (χ1) is 10.8. The van der Waals surface area contributed by atoms with Gasteiger partial charge in [-0.3, -0.25) is 0 Å². The van der Waals surface area contributed by atoms with Crippen LogP contribution in [-0.2, 0) is 0 Å². The Morgan fingerprint density at radius 1 is 1.18 bits per heavy atom. The first-order valence-corrected chi connectivity index (χ1v) is 6.69. The van der Waals surface area contributed by atoms with Crippen molar-refractivity contribution in [1.29, 1.82) is 5.26 Å². The third kappa shape index (κ3) is 1.73. The quantitative estimate of drug-likeness (QED) is 0.593. The number of hydrogen-bond acceptors (Lipinski definition) is 4. The lowest BCUT2D eigenvalue weighted by Crippen LogP contribution is -1.85. The fourth-order valence-corrected chi connectivity index (χ4v) is 2.62. The summed E-state index contributed by atoms with van der Waals surface area (Å²) in [6, 6.07) is 9.84. The molecule has 0 amide bonds. The highest BCUT2D eigenvalue weighted by Gasteiger charge is 2.12. The minimum Gasteiger partial charge on any atom is -0.497 e. The van der Waals surface area contributed by atoms with Gasteiger partial charge in [-0.05, 0) is 24.3 Å². The zero-order chi connectivity index (χ0) is 15.1. The van der Waals surface area contributed by atoms with E-state index in [4.69, 9.17) is 10.00 Å². The predicted octanol–water partition coefficient (Wildman–Crippen LogP) is 2.99. The van der Waals surface area contributed by atoms with Crippen molar-refractivity contribution in [3.05, 3.63) is 42.5 Å². The Kier molecular flexibility index (Phi) is 2.60. The normalized spacial score (nSPS) is 10.9. The third-order valence-corrected chi connectivity index (χ3v) is 3.71. The largest absolute Gasteiger partial charge is 0.497 e. The first-order valence-electron chi connectivity index (χ1n) is 6.69. The average molecular weight is 289 g/mol. The molecule has 0 spiro atoms. The molecule has 4 rings (SSSR count). The number of hydrogen-bond donors (Lipinski definition) is 2. The second kappa shape index (κ2) is 4.60. The highest BCUT2D eigenvalue weighted by Crippen LogP contribution is 2.32. The van der Waals surface area contributed by atoms with Crippen LogP contribution in [0.15, 0.2) is 36.8 Å². The molecule has 0 atom stereocenters. The smallest absolute Gasteiger partial charge is 0.153 e. The molecule has 2 N–H and O–H groups in total. The molecule has 3 heterocycles. The standard InChI is InChI=1S/C16H11N5O/c1-22-9-2-3-13-10(4-9)12(7-18-13)14-5-11-15(6-17)19-8-20-16(11)21-14/h2-5,7-8,18H,1H3,(H,19,20,21). The van der Waals surface area contributed by atoms with Crippen LogP contribution in [0.1, 0.15) is 5.69 Å². The Bertz CT molecular complexity index is 1040. The van der Waals surface area contributed by atoms with Crippen LogP contribution < -0.4 is 4.74 Å². The number of aromatic amines is 2. The zero-order valence-corrected chi connectivity index (χ0v) is 11.7. The number of nitrogens with one attached hydrogen (secondary N) is 2. The number of nitriles is 1. The number of ether oxygens (including phenoxy) is 1. The molecule has 0 aliphatic rings. The number of aromatic nitrogens is 4. The Morgan fingerprint density at radius 3 is 2.91 bits per heavy atom. The van der Waals surface area contributed by atoms with Crippen LogP contribution in [0.2, 0.25) is 0 Å². The van der Waals surface area contributed by atoms with E-state index >= 15 is 0 Å². The van der Waals surface area contributed by atoms with Gasteiger partial charge in [0.05, 0.1) is 12.5 Å². The van der Waals surface area contributed by atoms with E-state index in [0.29, 0.717) is 11.3 Å². The minimum atomic E-state index is 0.366. The van der Waals surface area contributed by atoms with E-state index < -0.39 is 0 Å². The SMILES string of the molecule is COc1ccc2[nH]cc(-c3cc4c(C#N)ncnc4[nH]3)c2c1. The number of methoxy groups -OCH3 is 1. The molecular weight excluding hydrogens is 278 g/mol. The van der Waals surface area contributed by atoms with Crippen molar-refractivity contribution in [3.63, 3.8) is 0 Å². The summed E-state index contributed by atoms with van der Waals surface area (Å²) in [5, 5.41) is 10.9. The summed E-state index contributed by atoms with van der Waals surface area (Å²) in [5.41, 5.74) is 3.91. The molecule has 22 heavy (non-hydrogen) atoms. The topological polar surface area (TPSA) is 90.4 Å². The molecule has 6 heteroatoms. The highest BCUT2D eigenvalue weighted by molar-refractivity contribution is 5.98. The van der Waals surface area contributed by atoms with Crippen LogP contribution in [0.25, 0.3) is 33.2 Å². The number of nitrogens with zero attached hydrogens (tertiary/aromatic N) is 3. The van der Waals surface area contributed by atoms with Crippen molar-refractivity contribution < 1.29 is 4.74 Å². The molecule has 0 unspecified atom stereocenters. The average Bonchev–Trinajstić information content (AvgIpc) is 3.16. The second-order valence-electron chi connectivity index (χ2n) is 4.89. The van der Waals surface area contributed by atoms with Gasteiger partial charge in [0.15, 0.2) is 5.69 Å². The van der Waals surface area contributed by atoms with Crippen LogP contribution in [0, 0.1) is 11.3 Å². The monoisotopic (exact) mass is 289 g/mol. The van der Waals surface area contributed by atoms with Crippen molar-refractivity contribution in [1.82, 2.24) is 19.9 Å². The molecule has 0 bridgehead atoms. The lowest BCUT2D eigenvalue weighted by atomic mass is 10.1. The summed E-state index contributed by atoms with van der Waals surface area (Å²) in [6.07, 6.45) is 3.31. The van der Waals surface area contributed by atoms with Gasteiger partial charge in [0, 0.05) is 28.4 Å². The van der Waals surface area contributed by atoms with Crippen LogP contribution in [0.4, 0.5) is 0 Å². The zero-order valence-electron chi connectivity index (χ0n) is 11.7. The molecule has 6 nitrogen and oxygen atoms in total. The van der Waals surface area contributed by atoms with E-state index in [2.05, 4.69) is 26.0 Å². The molecule has 0 aliphatic carbocycles. The van der Waals surface area contributed by atoms with E-state index in [9.17, 15) is 0 Å². The predicted molar refractivity (Wildman–Crippen MR) is 82.4 cm³/mol. The summed E-state index contributed by atoms with van der Waals surface area (Å²) in [5.74, 6) is 0.793. The van der Waals surface area contributed by atoms with Crippen molar-refractivity contribution in [2.24, 2.45) is 0 Å². The molecule has 0 saturated heterocycles. The molecule has 1 aromatic carbocycles. The Morgan fingerprint density at radius 2 is 2.09 bits per heavy atom. The van der Waals surface area contributed by atoms with Gasteiger partial charge in [-0.2, -0.15) is 5.26 Å². The van der Waals surface area contributed by atoms with Gasteiger partial charge >= 0.3 is 0 Å². The maximum absolute atomic E-state index is 9.14. The van der Waals surface area contributed by atoms with Crippen LogP contribution in [0.5, 0.6) is 5.75 Å².